The second-order valence-corrected chi connectivity index (χ2v) is 7.00. The first-order chi connectivity index (χ1) is 10.7. The van der Waals surface area contributed by atoms with Gasteiger partial charge in [-0.3, -0.25) is 0 Å². The summed E-state index contributed by atoms with van der Waals surface area (Å²) >= 11 is 0. The molecule has 128 valence electrons. The van der Waals surface area contributed by atoms with Crippen LogP contribution < -0.4 is 0 Å². The van der Waals surface area contributed by atoms with E-state index in [-0.39, 0.29) is 11.5 Å². The molecule has 0 aromatic heterocycles. The van der Waals surface area contributed by atoms with E-state index in [1.807, 2.05) is 6.08 Å². The second kappa shape index (κ2) is 8.88. The molecule has 0 heterocycles. The average Bonchev–Trinajstić information content (AvgIpc) is 2.42. The molecule has 1 rings (SSSR count). The van der Waals surface area contributed by atoms with Crippen LogP contribution >= 0.6 is 0 Å². The topological polar surface area (TPSA) is 57.5 Å². The summed E-state index contributed by atoms with van der Waals surface area (Å²) in [5.74, 6) is -1.00. The Balaban J connectivity index is 3.09. The maximum absolute atomic E-state index is 11.4. The van der Waals surface area contributed by atoms with Crippen molar-refractivity contribution in [1.82, 2.24) is 0 Å². The molecule has 0 spiro atoms. The Kier molecular flexibility index (Phi) is 7.50. The van der Waals surface area contributed by atoms with Crippen LogP contribution in [0.3, 0.4) is 0 Å². The summed E-state index contributed by atoms with van der Waals surface area (Å²) in [6.45, 7) is 7.77. The van der Waals surface area contributed by atoms with Crippen LogP contribution in [0.15, 0.2) is 47.1 Å². The number of aliphatic hydroxyl groups is 1. The molecular formula is C20H30O3. The van der Waals surface area contributed by atoms with E-state index in [9.17, 15) is 15.0 Å². The van der Waals surface area contributed by atoms with E-state index >= 15 is 0 Å². The second-order valence-electron chi connectivity index (χ2n) is 7.00. The van der Waals surface area contributed by atoms with E-state index in [1.54, 1.807) is 26.0 Å². The minimum absolute atomic E-state index is 0.0752. The van der Waals surface area contributed by atoms with Crippen molar-refractivity contribution >= 4 is 5.97 Å². The Morgan fingerprint density at radius 2 is 1.78 bits per heavy atom. The van der Waals surface area contributed by atoms with Gasteiger partial charge in [0.05, 0.1) is 11.2 Å². The van der Waals surface area contributed by atoms with Gasteiger partial charge >= 0.3 is 5.97 Å². The van der Waals surface area contributed by atoms with Crippen molar-refractivity contribution in [2.24, 2.45) is 5.92 Å². The van der Waals surface area contributed by atoms with Gasteiger partial charge in [0.2, 0.25) is 0 Å². The third-order valence-corrected chi connectivity index (χ3v) is 4.35. The first-order valence-electron chi connectivity index (χ1n) is 8.35. The van der Waals surface area contributed by atoms with Gasteiger partial charge in [0.15, 0.2) is 0 Å². The van der Waals surface area contributed by atoms with Gasteiger partial charge in [-0.2, -0.15) is 0 Å². The van der Waals surface area contributed by atoms with Crippen LogP contribution in [-0.2, 0) is 4.79 Å². The van der Waals surface area contributed by atoms with E-state index in [0.29, 0.717) is 6.42 Å². The smallest absolute Gasteiger partial charge is 0.335 e. The minimum atomic E-state index is -0.926. The number of carboxylic acids is 1. The zero-order valence-corrected chi connectivity index (χ0v) is 14.8. The van der Waals surface area contributed by atoms with Gasteiger partial charge in [0.25, 0.3) is 0 Å². The molecule has 3 heteroatoms. The predicted molar refractivity (Wildman–Crippen MR) is 95.2 cm³/mol. The standard InChI is InChI=1S/C20H30O3/c1-15-7-5-8-16(2)11-13-18(20(3,4)23)14-12-17(19(21)22)10-6-9-15/h8-10,12,14,18,23H,5-7,11,13H2,1-4H3,(H,21,22)/b14-12+,15-9+,16-8+,17-10+. The quantitative estimate of drug-likeness (QED) is 0.719. The molecule has 0 fully saturated rings. The first kappa shape index (κ1) is 19.4. The van der Waals surface area contributed by atoms with Crippen LogP contribution in [0.2, 0.25) is 0 Å². The fourth-order valence-corrected chi connectivity index (χ4v) is 2.65. The summed E-state index contributed by atoms with van der Waals surface area (Å²) in [5, 5.41) is 19.7. The van der Waals surface area contributed by atoms with E-state index in [2.05, 4.69) is 26.0 Å². The van der Waals surface area contributed by atoms with Gasteiger partial charge in [-0.05, 0) is 59.8 Å². The summed E-state index contributed by atoms with van der Waals surface area (Å²) in [6.07, 6.45) is 13.9. The monoisotopic (exact) mass is 318 g/mol. The molecular weight excluding hydrogens is 288 g/mol. The number of allylic oxidation sites excluding steroid dienone is 5. The summed E-state index contributed by atoms with van der Waals surface area (Å²) < 4.78 is 0. The van der Waals surface area contributed by atoms with Crippen LogP contribution in [-0.4, -0.2) is 21.8 Å². The zero-order chi connectivity index (χ0) is 17.5. The SMILES string of the molecule is C/C1=C\C/C=C(C(=O)O)\C=C\C(C(C)(C)O)CC/C(C)=C/CC1. The van der Waals surface area contributed by atoms with Crippen molar-refractivity contribution in [3.05, 3.63) is 47.1 Å². The number of hydrogen-bond acceptors (Lipinski definition) is 2. The lowest BCUT2D eigenvalue weighted by atomic mass is 9.85. The van der Waals surface area contributed by atoms with Crippen LogP contribution in [0.5, 0.6) is 0 Å². The lowest BCUT2D eigenvalue weighted by molar-refractivity contribution is -0.132. The van der Waals surface area contributed by atoms with Crippen molar-refractivity contribution in [1.29, 1.82) is 0 Å². The van der Waals surface area contributed by atoms with E-state index in [0.717, 1.165) is 25.7 Å². The molecule has 0 bridgehead atoms. The lowest BCUT2D eigenvalue weighted by Gasteiger charge is -2.27. The van der Waals surface area contributed by atoms with E-state index < -0.39 is 11.6 Å². The number of aliphatic carboxylic acids is 1. The molecule has 0 saturated heterocycles. The summed E-state index contributed by atoms with van der Waals surface area (Å²) in [5.41, 5.74) is 2.03. The van der Waals surface area contributed by atoms with Gasteiger partial charge in [-0.15, -0.1) is 0 Å². The summed E-state index contributed by atoms with van der Waals surface area (Å²) in [7, 11) is 0. The normalized spacial score (nSPS) is 30.0. The highest BCUT2D eigenvalue weighted by molar-refractivity contribution is 5.89. The van der Waals surface area contributed by atoms with Crippen molar-refractivity contribution in [2.75, 3.05) is 0 Å². The van der Waals surface area contributed by atoms with Crippen LogP contribution in [0.4, 0.5) is 0 Å². The van der Waals surface area contributed by atoms with Gasteiger partial charge in [-0.1, -0.05) is 41.5 Å². The molecule has 23 heavy (non-hydrogen) atoms. The molecule has 0 aliphatic heterocycles. The van der Waals surface area contributed by atoms with Crippen LogP contribution in [0.1, 0.15) is 59.8 Å². The van der Waals surface area contributed by atoms with Crippen LogP contribution in [0, 0.1) is 5.92 Å². The molecule has 3 nitrogen and oxygen atoms in total. The van der Waals surface area contributed by atoms with Crippen molar-refractivity contribution in [2.45, 2.75) is 65.4 Å². The molecule has 1 aliphatic rings. The van der Waals surface area contributed by atoms with Gasteiger partial charge < -0.3 is 10.2 Å². The largest absolute Gasteiger partial charge is 0.478 e. The molecule has 0 aromatic carbocycles. The lowest BCUT2D eigenvalue weighted by Crippen LogP contribution is -2.29. The Hall–Kier alpha value is -1.61. The van der Waals surface area contributed by atoms with Crippen molar-refractivity contribution in [3.8, 4) is 0 Å². The Bertz CT molecular complexity index is 528. The van der Waals surface area contributed by atoms with Crippen molar-refractivity contribution in [3.63, 3.8) is 0 Å². The molecule has 1 atom stereocenters. The molecule has 2 N–H and O–H groups in total. The Morgan fingerprint density at radius 3 is 2.39 bits per heavy atom. The number of carboxylic acid groups (broad SMARTS) is 1. The highest BCUT2D eigenvalue weighted by Gasteiger charge is 2.24. The predicted octanol–water partition coefficient (Wildman–Crippen LogP) is 4.80. The fourth-order valence-electron chi connectivity index (χ4n) is 2.65. The molecule has 0 aromatic rings. The number of hydrogen-bond donors (Lipinski definition) is 2. The Labute approximate surface area is 140 Å². The van der Waals surface area contributed by atoms with Gasteiger partial charge in [-0.25, -0.2) is 4.79 Å². The summed E-state index contributed by atoms with van der Waals surface area (Å²) in [6, 6.07) is 0. The highest BCUT2D eigenvalue weighted by Crippen LogP contribution is 2.26. The Morgan fingerprint density at radius 1 is 1.13 bits per heavy atom. The molecule has 0 amide bonds. The summed E-state index contributed by atoms with van der Waals surface area (Å²) in [4.78, 5) is 11.4. The highest BCUT2D eigenvalue weighted by atomic mass is 16.4. The molecule has 0 radical (unpaired) electrons. The van der Waals surface area contributed by atoms with Gasteiger partial charge in [0, 0.05) is 5.92 Å². The van der Waals surface area contributed by atoms with Gasteiger partial charge in [0.1, 0.15) is 0 Å². The molecule has 1 unspecified atom stereocenters. The molecule has 0 saturated carbocycles. The average molecular weight is 318 g/mol. The number of rotatable bonds is 2. The molecule has 1 aliphatic carbocycles. The zero-order valence-electron chi connectivity index (χ0n) is 14.8. The third kappa shape index (κ3) is 7.47. The van der Waals surface area contributed by atoms with E-state index in [4.69, 9.17) is 0 Å². The maximum atomic E-state index is 11.4. The maximum Gasteiger partial charge on any atom is 0.335 e. The third-order valence-electron chi connectivity index (χ3n) is 4.35. The van der Waals surface area contributed by atoms with Crippen LogP contribution in [0.25, 0.3) is 0 Å². The van der Waals surface area contributed by atoms with E-state index in [1.165, 1.54) is 11.1 Å². The minimum Gasteiger partial charge on any atom is -0.478 e. The first-order valence-corrected chi connectivity index (χ1v) is 8.35. The number of carbonyl (C=O) groups is 1. The van der Waals surface area contributed by atoms with Crippen molar-refractivity contribution < 1.29 is 15.0 Å². The fraction of sp³-hybridized carbons (Fsp3) is 0.550.